The highest BCUT2D eigenvalue weighted by atomic mass is 15.1. The van der Waals surface area contributed by atoms with Gasteiger partial charge in [-0.15, -0.1) is 0 Å². The lowest BCUT2D eigenvalue weighted by molar-refractivity contribution is 0.722. The van der Waals surface area contributed by atoms with E-state index in [2.05, 4.69) is 39.1 Å². The van der Waals surface area contributed by atoms with Crippen LogP contribution < -0.4 is 5.32 Å². The molecular weight excluding hydrogens is 234 g/mol. The van der Waals surface area contributed by atoms with Crippen LogP contribution in [0.4, 0.5) is 0 Å². The molecule has 0 amide bonds. The first kappa shape index (κ1) is 12.4. The van der Waals surface area contributed by atoms with E-state index in [1.54, 1.807) is 0 Å². The van der Waals surface area contributed by atoms with Gasteiger partial charge in [-0.1, -0.05) is 24.3 Å². The summed E-state index contributed by atoms with van der Waals surface area (Å²) in [5, 5.41) is 3.21. The van der Waals surface area contributed by atoms with E-state index < -0.39 is 0 Å². The molecule has 1 N–H and O–H groups in total. The predicted molar refractivity (Wildman–Crippen MR) is 78.2 cm³/mol. The van der Waals surface area contributed by atoms with Gasteiger partial charge in [0.1, 0.15) is 0 Å². The van der Waals surface area contributed by atoms with Gasteiger partial charge in [0.2, 0.25) is 0 Å². The quantitative estimate of drug-likeness (QED) is 0.804. The zero-order valence-corrected chi connectivity index (χ0v) is 11.5. The Balaban J connectivity index is 1.88. The minimum absolute atomic E-state index is 0.683. The van der Waals surface area contributed by atoms with Crippen LogP contribution in [0.1, 0.15) is 30.9 Å². The van der Waals surface area contributed by atoms with Crippen LogP contribution in [0.2, 0.25) is 0 Å². The largest absolute Gasteiger partial charge is 0.327 e. The topological polar surface area (TPSA) is 29.9 Å². The van der Waals surface area contributed by atoms with Gasteiger partial charge in [0.15, 0.2) is 0 Å². The third kappa shape index (κ3) is 2.71. The van der Waals surface area contributed by atoms with E-state index in [9.17, 15) is 0 Å². The van der Waals surface area contributed by atoms with Gasteiger partial charge in [0.25, 0.3) is 0 Å². The van der Waals surface area contributed by atoms with E-state index in [1.165, 1.54) is 36.1 Å². The third-order valence-corrected chi connectivity index (χ3v) is 3.77. The van der Waals surface area contributed by atoms with Gasteiger partial charge in [-0.25, -0.2) is 4.98 Å². The summed E-state index contributed by atoms with van der Waals surface area (Å²) in [5.74, 6) is 0. The number of hydrogen-bond donors (Lipinski definition) is 1. The first-order valence-electron chi connectivity index (χ1n) is 7.15. The maximum absolute atomic E-state index is 4.35. The van der Waals surface area contributed by atoms with Gasteiger partial charge in [0.05, 0.1) is 18.2 Å². The Morgan fingerprint density at radius 2 is 2.16 bits per heavy atom. The minimum Gasteiger partial charge on any atom is -0.327 e. The second kappa shape index (κ2) is 5.57. The maximum Gasteiger partial charge on any atom is 0.0953 e. The van der Waals surface area contributed by atoms with Crippen LogP contribution in [0, 0.1) is 0 Å². The molecule has 0 bridgehead atoms. The van der Waals surface area contributed by atoms with Crippen LogP contribution in [0.5, 0.6) is 0 Å². The van der Waals surface area contributed by atoms with E-state index in [-0.39, 0.29) is 0 Å². The molecule has 0 aliphatic heterocycles. The van der Waals surface area contributed by atoms with Gasteiger partial charge < -0.3 is 9.88 Å². The lowest BCUT2D eigenvalue weighted by atomic mass is 10.0. The molecule has 19 heavy (non-hydrogen) atoms. The molecule has 3 heteroatoms. The molecule has 0 radical (unpaired) electrons. The molecule has 3 rings (SSSR count). The summed E-state index contributed by atoms with van der Waals surface area (Å²) in [4.78, 5) is 4.35. The molecule has 1 saturated carbocycles. The molecule has 1 aliphatic rings. The van der Waals surface area contributed by atoms with E-state index in [1.807, 2.05) is 19.6 Å². The summed E-state index contributed by atoms with van der Waals surface area (Å²) in [6.07, 6.45) is 8.88. The highest BCUT2D eigenvalue weighted by Crippen LogP contribution is 2.38. The molecule has 1 aliphatic carbocycles. The SMILES string of the molecule is CNCCCc1ccccc1-c1cncn1C1CC1. The number of aryl methyl sites for hydroxylation is 1. The second-order valence-electron chi connectivity index (χ2n) is 5.28. The lowest BCUT2D eigenvalue weighted by Gasteiger charge is -2.11. The van der Waals surface area contributed by atoms with Gasteiger partial charge in [0, 0.05) is 11.6 Å². The molecule has 2 aromatic rings. The van der Waals surface area contributed by atoms with Crippen LogP contribution in [0.25, 0.3) is 11.3 Å². The molecule has 1 aromatic heterocycles. The summed E-state index contributed by atoms with van der Waals surface area (Å²) in [7, 11) is 2.01. The summed E-state index contributed by atoms with van der Waals surface area (Å²) in [6, 6.07) is 9.42. The highest BCUT2D eigenvalue weighted by molar-refractivity contribution is 5.64. The van der Waals surface area contributed by atoms with Crippen LogP contribution in [0.3, 0.4) is 0 Å². The number of nitrogens with one attached hydrogen (secondary N) is 1. The third-order valence-electron chi connectivity index (χ3n) is 3.77. The number of hydrogen-bond acceptors (Lipinski definition) is 2. The van der Waals surface area contributed by atoms with Crippen molar-refractivity contribution in [1.29, 1.82) is 0 Å². The van der Waals surface area contributed by atoms with Crippen LogP contribution in [0.15, 0.2) is 36.8 Å². The Bertz CT molecular complexity index is 540. The monoisotopic (exact) mass is 255 g/mol. The maximum atomic E-state index is 4.35. The second-order valence-corrected chi connectivity index (χ2v) is 5.28. The predicted octanol–water partition coefficient (Wildman–Crippen LogP) is 3.04. The Morgan fingerprint density at radius 3 is 2.95 bits per heavy atom. The molecule has 0 saturated heterocycles. The molecule has 1 fully saturated rings. The summed E-state index contributed by atoms with van der Waals surface area (Å²) in [6.45, 7) is 1.07. The standard InChI is InChI=1S/C16H21N3/c1-17-10-4-6-13-5-2-3-7-15(13)16-11-18-12-19(16)14-8-9-14/h2-3,5,7,11-12,14,17H,4,6,8-10H2,1H3. The Hall–Kier alpha value is -1.61. The molecule has 1 aromatic carbocycles. The highest BCUT2D eigenvalue weighted by Gasteiger charge is 2.26. The normalized spacial score (nSPS) is 14.8. The van der Waals surface area contributed by atoms with Gasteiger partial charge in [-0.05, 0) is 44.8 Å². The van der Waals surface area contributed by atoms with Crippen molar-refractivity contribution in [3.8, 4) is 11.3 Å². The number of aromatic nitrogens is 2. The molecule has 0 atom stereocenters. The van der Waals surface area contributed by atoms with Crippen LogP contribution in [-0.2, 0) is 6.42 Å². The number of imidazole rings is 1. The zero-order chi connectivity index (χ0) is 13.1. The van der Waals surface area contributed by atoms with Gasteiger partial charge in [-0.3, -0.25) is 0 Å². The molecule has 100 valence electrons. The van der Waals surface area contributed by atoms with Crippen molar-refractivity contribution in [2.24, 2.45) is 0 Å². The smallest absolute Gasteiger partial charge is 0.0953 e. The van der Waals surface area contributed by atoms with E-state index >= 15 is 0 Å². The molecule has 3 nitrogen and oxygen atoms in total. The fourth-order valence-electron chi connectivity index (χ4n) is 2.60. The van der Waals surface area contributed by atoms with Crippen molar-refractivity contribution in [3.63, 3.8) is 0 Å². The summed E-state index contributed by atoms with van der Waals surface area (Å²) < 4.78 is 2.34. The van der Waals surface area contributed by atoms with Crippen LogP contribution >= 0.6 is 0 Å². The number of benzene rings is 1. The Labute approximate surface area is 114 Å². The summed E-state index contributed by atoms with van der Waals surface area (Å²) in [5.41, 5.74) is 4.06. The first-order valence-corrected chi connectivity index (χ1v) is 7.15. The number of rotatable bonds is 6. The van der Waals surface area contributed by atoms with Crippen molar-refractivity contribution in [1.82, 2.24) is 14.9 Å². The average Bonchev–Trinajstić information content (AvgIpc) is 3.17. The van der Waals surface area contributed by atoms with Gasteiger partial charge in [-0.2, -0.15) is 0 Å². The fraction of sp³-hybridized carbons (Fsp3) is 0.438. The van der Waals surface area contributed by atoms with Crippen molar-refractivity contribution < 1.29 is 0 Å². The molecule has 0 spiro atoms. The summed E-state index contributed by atoms with van der Waals surface area (Å²) >= 11 is 0. The Kier molecular flexibility index (Phi) is 3.65. The van der Waals surface area contributed by atoms with Crippen LogP contribution in [-0.4, -0.2) is 23.1 Å². The first-order chi connectivity index (χ1) is 9.40. The van der Waals surface area contributed by atoms with E-state index in [0.29, 0.717) is 6.04 Å². The van der Waals surface area contributed by atoms with Gasteiger partial charge >= 0.3 is 0 Å². The molecular formula is C16H21N3. The van der Waals surface area contributed by atoms with Crippen molar-refractivity contribution in [3.05, 3.63) is 42.4 Å². The van der Waals surface area contributed by atoms with Crippen molar-refractivity contribution in [2.75, 3.05) is 13.6 Å². The molecule has 0 unspecified atom stereocenters. The zero-order valence-electron chi connectivity index (χ0n) is 11.5. The minimum atomic E-state index is 0.683. The van der Waals surface area contributed by atoms with E-state index in [0.717, 1.165) is 13.0 Å². The Morgan fingerprint density at radius 1 is 1.32 bits per heavy atom. The van der Waals surface area contributed by atoms with Crippen molar-refractivity contribution >= 4 is 0 Å². The molecule has 1 heterocycles. The average molecular weight is 255 g/mol. The van der Waals surface area contributed by atoms with Crippen molar-refractivity contribution in [2.45, 2.75) is 31.7 Å². The van der Waals surface area contributed by atoms with E-state index in [4.69, 9.17) is 0 Å². The fourth-order valence-corrected chi connectivity index (χ4v) is 2.60. The number of nitrogens with zero attached hydrogens (tertiary/aromatic N) is 2. The lowest BCUT2D eigenvalue weighted by Crippen LogP contribution is -2.08.